The number of carbonyl (C=O) groups is 3. The number of likely N-dealkylation sites (N-methyl/N-ethyl adjacent to an activating group) is 1. The van der Waals surface area contributed by atoms with Crippen molar-refractivity contribution in [2.75, 3.05) is 31.2 Å². The number of halogens is 1. The summed E-state index contributed by atoms with van der Waals surface area (Å²) in [4.78, 5) is 53.8. The van der Waals surface area contributed by atoms with E-state index in [1.165, 1.54) is 22.8 Å². The van der Waals surface area contributed by atoms with Crippen LogP contribution in [0, 0.1) is 11.8 Å². The Bertz CT molecular complexity index is 1770. The normalized spacial score (nSPS) is 22.3. The fourth-order valence-corrected chi connectivity index (χ4v) is 8.87. The van der Waals surface area contributed by atoms with Gasteiger partial charge < -0.3 is 34.1 Å². The third kappa shape index (κ3) is 9.60. The topological polar surface area (TPSA) is 184 Å². The van der Waals surface area contributed by atoms with Gasteiger partial charge in [0, 0.05) is 19.3 Å². The van der Waals surface area contributed by atoms with Crippen LogP contribution >= 0.6 is 19.0 Å². The second-order valence-electron chi connectivity index (χ2n) is 14.1. The molecule has 3 aromatic rings. The van der Waals surface area contributed by atoms with Gasteiger partial charge in [0.25, 0.3) is 7.37 Å². The lowest BCUT2D eigenvalue weighted by Gasteiger charge is -2.28. The van der Waals surface area contributed by atoms with Gasteiger partial charge in [-0.05, 0) is 50.4 Å². The third-order valence-corrected chi connectivity index (χ3v) is 11.5. The van der Waals surface area contributed by atoms with E-state index in [-0.39, 0.29) is 35.9 Å². The number of esters is 2. The average molecular weight is 763 g/mol. The van der Waals surface area contributed by atoms with Crippen LogP contribution in [0.1, 0.15) is 66.5 Å². The largest absolute Gasteiger partial charge is 0.463 e. The lowest BCUT2D eigenvalue weighted by molar-refractivity contribution is -0.160. The number of anilines is 1. The molecule has 1 amide bonds. The average Bonchev–Trinajstić information content (AvgIpc) is 3.81. The summed E-state index contributed by atoms with van der Waals surface area (Å²) in [7, 11) is -2.34. The molecule has 52 heavy (non-hydrogen) atoms. The van der Waals surface area contributed by atoms with E-state index in [1.807, 2.05) is 0 Å². The van der Waals surface area contributed by atoms with Crippen molar-refractivity contribution < 1.29 is 42.8 Å². The first-order valence-corrected chi connectivity index (χ1v) is 20.0. The summed E-state index contributed by atoms with van der Waals surface area (Å²) in [5, 5.41) is 15.0. The van der Waals surface area contributed by atoms with Crippen molar-refractivity contribution in [3.8, 4) is 5.75 Å². The van der Waals surface area contributed by atoms with Crippen molar-refractivity contribution in [1.29, 1.82) is 0 Å². The van der Waals surface area contributed by atoms with Crippen molar-refractivity contribution in [2.45, 2.75) is 97.0 Å². The Morgan fingerprint density at radius 2 is 1.79 bits per heavy atom. The number of hydrogen-bond donors (Lipinski definition) is 2. The molecule has 2 aliphatic rings. The molecule has 2 N–H and O–H groups in total. The minimum atomic E-state index is -3.82. The first kappa shape index (κ1) is 39.4. The highest BCUT2D eigenvalue weighted by atomic mass is 35.5. The number of para-hydroxylation sites is 1. The van der Waals surface area contributed by atoms with Gasteiger partial charge in [-0.1, -0.05) is 51.8 Å². The predicted octanol–water partition coefficient (Wildman–Crippen LogP) is 5.06. The number of benzene rings is 1. The van der Waals surface area contributed by atoms with Gasteiger partial charge >= 0.3 is 11.9 Å². The van der Waals surface area contributed by atoms with E-state index in [1.54, 1.807) is 65.0 Å². The van der Waals surface area contributed by atoms with Gasteiger partial charge in [0.2, 0.25) is 11.2 Å². The van der Waals surface area contributed by atoms with Gasteiger partial charge in [0.1, 0.15) is 24.1 Å². The summed E-state index contributed by atoms with van der Waals surface area (Å²) < 4.78 is 39.1. The second kappa shape index (κ2) is 16.9. The van der Waals surface area contributed by atoms with E-state index < -0.39 is 67.8 Å². The zero-order chi connectivity index (χ0) is 37.7. The monoisotopic (exact) mass is 762 g/mol. The van der Waals surface area contributed by atoms with Gasteiger partial charge in [-0.25, -0.2) is 4.98 Å². The van der Waals surface area contributed by atoms with Crippen LogP contribution in [0.15, 0.2) is 36.7 Å². The first-order valence-electron chi connectivity index (χ1n) is 17.6. The number of nitrogens with one attached hydrogen (secondary N) is 1. The Hall–Kier alpha value is -3.78. The molecular weight excluding hydrogens is 715 g/mol. The zero-order valence-corrected chi connectivity index (χ0v) is 32.0. The maximum absolute atomic E-state index is 14.3. The molecule has 0 radical (unpaired) electrons. The number of aliphatic hydroxyl groups excluding tert-OH is 1. The first-order chi connectivity index (χ1) is 24.6. The van der Waals surface area contributed by atoms with Gasteiger partial charge in [0.05, 0.1) is 30.8 Å². The highest BCUT2D eigenvalue weighted by molar-refractivity contribution is 7.60. The zero-order valence-electron chi connectivity index (χ0n) is 30.3. The van der Waals surface area contributed by atoms with Crippen molar-refractivity contribution in [2.24, 2.45) is 11.8 Å². The van der Waals surface area contributed by atoms with Crippen molar-refractivity contribution in [1.82, 2.24) is 24.4 Å². The lowest BCUT2D eigenvalue weighted by Crippen LogP contribution is -2.44. The van der Waals surface area contributed by atoms with Gasteiger partial charge in [-0.3, -0.25) is 23.5 Å². The SMILES string of the molecule is CC(C)OC(=O)[C@H](C)CP(=O)(CC(=O)N(C)C[C@H]1O[C@@H](n2cnc3c(NC4CCCC4)nc(Cl)nc32)[C@H](O)[C@@H]1OC(=O)C(C)C)Oc1ccccc1. The Labute approximate surface area is 308 Å². The van der Waals surface area contributed by atoms with Gasteiger partial charge in [-0.2, -0.15) is 9.97 Å². The Kier molecular flexibility index (Phi) is 12.8. The summed E-state index contributed by atoms with van der Waals surface area (Å²) in [6, 6.07) is 8.63. The maximum Gasteiger partial charge on any atom is 0.309 e. The molecular formula is C35H48ClN6O9P. The molecule has 0 spiro atoms. The van der Waals surface area contributed by atoms with E-state index in [0.29, 0.717) is 17.0 Å². The van der Waals surface area contributed by atoms with E-state index in [0.717, 1.165) is 25.7 Å². The number of nitrogens with zero attached hydrogens (tertiary/aromatic N) is 5. The Morgan fingerprint density at radius 3 is 2.44 bits per heavy atom. The molecule has 284 valence electrons. The molecule has 5 rings (SSSR count). The number of carbonyl (C=O) groups excluding carboxylic acids is 3. The molecule has 1 aromatic carbocycles. The summed E-state index contributed by atoms with van der Waals surface area (Å²) in [5.74, 6) is -2.28. The summed E-state index contributed by atoms with van der Waals surface area (Å²) in [6.07, 6.45) is -0.248. The molecule has 2 aromatic heterocycles. The number of ether oxygens (including phenoxy) is 3. The minimum absolute atomic E-state index is 0.0270. The van der Waals surface area contributed by atoms with Crippen LogP contribution in [0.2, 0.25) is 5.28 Å². The van der Waals surface area contributed by atoms with Crippen molar-refractivity contribution >= 4 is 53.8 Å². The van der Waals surface area contributed by atoms with E-state index in [4.69, 9.17) is 30.3 Å². The molecule has 0 bridgehead atoms. The summed E-state index contributed by atoms with van der Waals surface area (Å²) in [6.45, 7) is 8.17. The minimum Gasteiger partial charge on any atom is -0.463 e. The van der Waals surface area contributed by atoms with Crippen molar-refractivity contribution in [3.63, 3.8) is 0 Å². The van der Waals surface area contributed by atoms with Crippen LogP contribution in [0.25, 0.3) is 11.2 Å². The quantitative estimate of drug-likeness (QED) is 0.119. The van der Waals surface area contributed by atoms with Gasteiger partial charge in [0.15, 0.2) is 29.3 Å². The molecule has 1 aliphatic heterocycles. The molecule has 1 saturated carbocycles. The number of imidazole rings is 1. The fourth-order valence-electron chi connectivity index (χ4n) is 6.30. The number of hydrogen-bond acceptors (Lipinski definition) is 13. The number of fused-ring (bicyclic) bond motifs is 1. The molecule has 2 fully saturated rings. The highest BCUT2D eigenvalue weighted by Crippen LogP contribution is 2.49. The maximum atomic E-state index is 14.3. The van der Waals surface area contributed by atoms with E-state index >= 15 is 0 Å². The molecule has 6 atom stereocenters. The molecule has 15 nitrogen and oxygen atoms in total. The van der Waals surface area contributed by atoms with E-state index in [2.05, 4.69) is 20.3 Å². The molecule has 1 unspecified atom stereocenters. The Balaban J connectivity index is 1.37. The number of rotatable bonds is 15. The third-order valence-electron chi connectivity index (χ3n) is 8.97. The summed E-state index contributed by atoms with van der Waals surface area (Å²) >= 11 is 6.34. The van der Waals surface area contributed by atoms with Crippen LogP contribution in [0.5, 0.6) is 5.75 Å². The van der Waals surface area contributed by atoms with Crippen LogP contribution in [-0.2, 0) is 33.2 Å². The smallest absolute Gasteiger partial charge is 0.309 e. The van der Waals surface area contributed by atoms with Crippen LogP contribution in [0.4, 0.5) is 5.82 Å². The molecule has 17 heteroatoms. The Morgan fingerprint density at radius 1 is 1.10 bits per heavy atom. The van der Waals surface area contributed by atoms with Crippen molar-refractivity contribution in [3.05, 3.63) is 41.9 Å². The standard InChI is InChI=1S/C35H48ClN6O9P/c1-20(2)33(45)50-29-25(49-32(28(29)44)42-19-37-27-30(38-23-12-10-11-13-23)39-35(36)40-31(27)42)16-41(6)26(43)18-52(47,51-24-14-8-7-9-15-24)17-22(5)34(46)48-21(3)4/h7-9,14-15,19-23,25,28-29,32,44H,10-13,16-18H2,1-6H3,(H,38,39,40)/t22-,25-,28-,29-,32-,52?/m1/s1. The second-order valence-corrected chi connectivity index (χ2v) is 17.0. The lowest BCUT2D eigenvalue weighted by atomic mass is 10.1. The predicted molar refractivity (Wildman–Crippen MR) is 193 cm³/mol. The summed E-state index contributed by atoms with van der Waals surface area (Å²) in [5.41, 5.74) is 0.729. The van der Waals surface area contributed by atoms with Crippen LogP contribution in [0.3, 0.4) is 0 Å². The molecule has 3 heterocycles. The fraction of sp³-hybridized carbons (Fsp3) is 0.600. The highest BCUT2D eigenvalue weighted by Gasteiger charge is 2.49. The molecule has 1 aliphatic carbocycles. The number of amides is 1. The van der Waals surface area contributed by atoms with Gasteiger partial charge in [-0.15, -0.1) is 0 Å². The van der Waals surface area contributed by atoms with Crippen LogP contribution < -0.4 is 9.84 Å². The number of aliphatic hydroxyl groups is 1. The molecule has 1 saturated heterocycles. The van der Waals surface area contributed by atoms with E-state index in [9.17, 15) is 24.1 Å². The number of aromatic nitrogens is 4. The van der Waals surface area contributed by atoms with Crippen LogP contribution in [-0.4, -0.2) is 104 Å².